The summed E-state index contributed by atoms with van der Waals surface area (Å²) in [5, 5.41) is 7.71. The largest absolute Gasteiger partial charge is 0.354 e. The molecule has 1 saturated heterocycles. The van der Waals surface area contributed by atoms with Gasteiger partial charge in [-0.05, 0) is 35.4 Å². The second kappa shape index (κ2) is 9.22. The van der Waals surface area contributed by atoms with Gasteiger partial charge in [0.2, 0.25) is 11.8 Å². The van der Waals surface area contributed by atoms with Gasteiger partial charge in [-0.3, -0.25) is 14.3 Å². The van der Waals surface area contributed by atoms with Gasteiger partial charge in [0.1, 0.15) is 0 Å². The molecule has 6 nitrogen and oxygen atoms in total. The van der Waals surface area contributed by atoms with Crippen LogP contribution in [-0.4, -0.2) is 46.1 Å². The number of aryl methyl sites for hydroxylation is 1. The summed E-state index contributed by atoms with van der Waals surface area (Å²) in [4.78, 5) is 27.1. The first-order chi connectivity index (χ1) is 16.1. The van der Waals surface area contributed by atoms with Crippen molar-refractivity contribution in [1.29, 1.82) is 0 Å². The molecule has 3 aromatic rings. The molecule has 2 aliphatic rings. The van der Waals surface area contributed by atoms with E-state index in [1.54, 1.807) is 0 Å². The highest BCUT2D eigenvalue weighted by atomic mass is 16.2. The maximum Gasteiger partial charge on any atom is 0.234 e. The van der Waals surface area contributed by atoms with Gasteiger partial charge in [0.25, 0.3) is 0 Å². The van der Waals surface area contributed by atoms with Gasteiger partial charge in [-0.1, -0.05) is 60.7 Å². The van der Waals surface area contributed by atoms with Crippen molar-refractivity contribution in [2.75, 3.05) is 19.6 Å². The second-order valence-electron chi connectivity index (χ2n) is 9.19. The molecule has 33 heavy (non-hydrogen) atoms. The van der Waals surface area contributed by atoms with Crippen LogP contribution in [-0.2, 0) is 22.6 Å². The molecule has 0 unspecified atom stereocenters. The summed E-state index contributed by atoms with van der Waals surface area (Å²) in [6.07, 6.45) is 4.20. The first-order valence-electron chi connectivity index (χ1n) is 11.8. The molecule has 2 heterocycles. The van der Waals surface area contributed by atoms with Crippen LogP contribution in [0.1, 0.15) is 47.6 Å². The maximum absolute atomic E-state index is 13.9. The third kappa shape index (κ3) is 4.42. The van der Waals surface area contributed by atoms with Crippen molar-refractivity contribution >= 4 is 11.8 Å². The van der Waals surface area contributed by atoms with Gasteiger partial charge in [-0.2, -0.15) is 5.10 Å². The summed E-state index contributed by atoms with van der Waals surface area (Å²) >= 11 is 0. The minimum Gasteiger partial charge on any atom is -0.354 e. The van der Waals surface area contributed by atoms with E-state index in [0.29, 0.717) is 19.0 Å². The van der Waals surface area contributed by atoms with Gasteiger partial charge < -0.3 is 10.2 Å². The predicted octanol–water partition coefficient (Wildman–Crippen LogP) is 3.34. The fourth-order valence-corrected chi connectivity index (χ4v) is 5.39. The summed E-state index contributed by atoms with van der Waals surface area (Å²) in [5.74, 6) is 0.596. The Bertz CT molecular complexity index is 1090. The molecule has 170 valence electrons. The number of carbonyl (C=O) groups is 2. The van der Waals surface area contributed by atoms with Crippen LogP contribution in [0.3, 0.4) is 0 Å². The van der Waals surface area contributed by atoms with Gasteiger partial charge in [0.15, 0.2) is 0 Å². The van der Waals surface area contributed by atoms with Gasteiger partial charge in [0, 0.05) is 38.7 Å². The Labute approximate surface area is 194 Å². The average Bonchev–Trinajstić information content (AvgIpc) is 3.44. The monoisotopic (exact) mass is 442 g/mol. The first-order valence-corrected chi connectivity index (χ1v) is 11.8. The summed E-state index contributed by atoms with van der Waals surface area (Å²) in [6.45, 7) is 4.27. The quantitative estimate of drug-likeness (QED) is 0.637. The zero-order valence-corrected chi connectivity index (χ0v) is 19.0. The Morgan fingerprint density at radius 2 is 1.70 bits per heavy atom. The molecule has 0 radical (unpaired) electrons. The van der Waals surface area contributed by atoms with Crippen LogP contribution in [0.2, 0.25) is 0 Å². The van der Waals surface area contributed by atoms with E-state index in [2.05, 4.69) is 16.4 Å². The molecule has 6 heteroatoms. The van der Waals surface area contributed by atoms with Gasteiger partial charge in [-0.25, -0.2) is 0 Å². The number of amides is 2. The summed E-state index contributed by atoms with van der Waals surface area (Å²) in [6, 6.07) is 20.2. The van der Waals surface area contributed by atoms with Crippen molar-refractivity contribution in [2.24, 2.45) is 5.92 Å². The van der Waals surface area contributed by atoms with E-state index in [4.69, 9.17) is 5.10 Å². The molecule has 2 aromatic carbocycles. The molecule has 0 bridgehead atoms. The lowest BCUT2D eigenvalue weighted by Gasteiger charge is -2.24. The number of hydrogen-bond acceptors (Lipinski definition) is 3. The summed E-state index contributed by atoms with van der Waals surface area (Å²) < 4.78 is 1.95. The first kappa shape index (κ1) is 21.4. The number of nitrogens with one attached hydrogen (secondary N) is 1. The van der Waals surface area contributed by atoms with E-state index in [-0.39, 0.29) is 23.7 Å². The van der Waals surface area contributed by atoms with Crippen LogP contribution in [0.4, 0.5) is 0 Å². The van der Waals surface area contributed by atoms with Crippen molar-refractivity contribution in [3.8, 4) is 0 Å². The Morgan fingerprint density at radius 1 is 1.03 bits per heavy atom. The van der Waals surface area contributed by atoms with Crippen LogP contribution in [0.25, 0.3) is 0 Å². The normalized spacial score (nSPS) is 19.3. The molecule has 1 aromatic heterocycles. The molecule has 2 atom stereocenters. The smallest absolute Gasteiger partial charge is 0.234 e. The van der Waals surface area contributed by atoms with Crippen LogP contribution in [0.5, 0.6) is 0 Å². The molecule has 5 rings (SSSR count). The Morgan fingerprint density at radius 3 is 2.33 bits per heavy atom. The van der Waals surface area contributed by atoms with Crippen molar-refractivity contribution in [3.05, 3.63) is 89.2 Å². The third-order valence-corrected chi connectivity index (χ3v) is 6.99. The van der Waals surface area contributed by atoms with Crippen LogP contribution >= 0.6 is 0 Å². The summed E-state index contributed by atoms with van der Waals surface area (Å²) in [7, 11) is 0. The fourth-order valence-electron chi connectivity index (χ4n) is 5.39. The van der Waals surface area contributed by atoms with E-state index in [1.807, 2.05) is 65.3 Å². The highest BCUT2D eigenvalue weighted by Crippen LogP contribution is 2.42. The number of benzene rings is 2. The lowest BCUT2D eigenvalue weighted by molar-refractivity contribution is -0.131. The highest BCUT2D eigenvalue weighted by Gasteiger charge is 2.42. The van der Waals surface area contributed by atoms with Crippen molar-refractivity contribution in [3.63, 3.8) is 0 Å². The van der Waals surface area contributed by atoms with E-state index >= 15 is 0 Å². The van der Waals surface area contributed by atoms with Crippen molar-refractivity contribution in [1.82, 2.24) is 20.0 Å². The number of nitrogens with zero attached hydrogens (tertiary/aromatic N) is 3. The van der Waals surface area contributed by atoms with Crippen LogP contribution in [0.15, 0.2) is 66.9 Å². The van der Waals surface area contributed by atoms with Crippen molar-refractivity contribution in [2.45, 2.75) is 38.1 Å². The number of fused-ring (bicyclic) bond motifs is 3. The van der Waals surface area contributed by atoms with Gasteiger partial charge in [0.05, 0.1) is 18.2 Å². The molecule has 1 fully saturated rings. The maximum atomic E-state index is 13.9. The van der Waals surface area contributed by atoms with Crippen molar-refractivity contribution < 1.29 is 9.59 Å². The van der Waals surface area contributed by atoms with E-state index in [9.17, 15) is 9.59 Å². The number of rotatable bonds is 6. The molecule has 0 spiro atoms. The predicted molar refractivity (Wildman–Crippen MR) is 127 cm³/mol. The Hall–Kier alpha value is -3.41. The highest BCUT2D eigenvalue weighted by molar-refractivity contribution is 5.87. The van der Waals surface area contributed by atoms with Gasteiger partial charge in [-0.15, -0.1) is 0 Å². The average molecular weight is 443 g/mol. The van der Waals surface area contributed by atoms with E-state index in [1.165, 1.54) is 12.5 Å². The second-order valence-corrected chi connectivity index (χ2v) is 9.19. The lowest BCUT2D eigenvalue weighted by atomic mass is 9.81. The Kier molecular flexibility index (Phi) is 5.99. The number of hydrogen-bond donors (Lipinski definition) is 1. The number of aromatic nitrogens is 2. The molecule has 1 N–H and O–H groups in total. The third-order valence-electron chi connectivity index (χ3n) is 6.99. The number of likely N-dealkylation sites (tertiary alicyclic amines) is 1. The van der Waals surface area contributed by atoms with Gasteiger partial charge >= 0.3 is 0 Å². The standard InChI is InChI=1S/C27H30N4O2/c1-19(32)28-14-15-31-17-23-13-12-22-16-30(18-24(22)26(23)29-31)27(33)25(20-8-4-2-5-9-20)21-10-6-3-7-11-21/h2-11,17,22,24-25H,12-16,18H2,1H3,(H,28,32)/t22-,24+/m1/s1. The SMILES string of the molecule is CC(=O)NCCn1cc2c(n1)[C@H]1CN(C(=O)C(c3ccccc3)c3ccccc3)C[C@H]1CC2. The molecule has 0 saturated carbocycles. The van der Waals surface area contributed by atoms with Crippen LogP contribution < -0.4 is 5.32 Å². The number of carbonyl (C=O) groups excluding carboxylic acids is 2. The molecular formula is C27H30N4O2. The fraction of sp³-hybridized carbons (Fsp3) is 0.370. The summed E-state index contributed by atoms with van der Waals surface area (Å²) in [5.41, 5.74) is 4.49. The zero-order chi connectivity index (χ0) is 22.8. The minimum absolute atomic E-state index is 0.0247. The lowest BCUT2D eigenvalue weighted by Crippen LogP contribution is -2.34. The minimum atomic E-state index is -0.290. The molecular weight excluding hydrogens is 412 g/mol. The molecule has 1 aliphatic heterocycles. The topological polar surface area (TPSA) is 67.2 Å². The molecule has 2 amide bonds. The zero-order valence-electron chi connectivity index (χ0n) is 19.0. The van der Waals surface area contributed by atoms with E-state index < -0.39 is 0 Å². The molecule has 1 aliphatic carbocycles. The van der Waals surface area contributed by atoms with Crippen LogP contribution in [0, 0.1) is 5.92 Å². The Balaban J connectivity index is 1.36. The van der Waals surface area contributed by atoms with E-state index in [0.717, 1.165) is 42.8 Å².